The summed E-state index contributed by atoms with van der Waals surface area (Å²) in [4.78, 5) is 11.4. The molecule has 2 aromatic rings. The molecule has 0 bridgehead atoms. The molecule has 0 unspecified atom stereocenters. The topological polar surface area (TPSA) is 34.9 Å². The van der Waals surface area contributed by atoms with Crippen LogP contribution in [-0.2, 0) is 0 Å². The molecule has 15 heavy (non-hydrogen) atoms. The Kier molecular flexibility index (Phi) is 2.63. The zero-order valence-corrected chi connectivity index (χ0v) is 8.55. The fourth-order valence-corrected chi connectivity index (χ4v) is 1.40. The molecule has 3 nitrogen and oxygen atoms in total. The molecule has 0 fully saturated rings. The first-order valence-electron chi connectivity index (χ1n) is 4.94. The summed E-state index contributed by atoms with van der Waals surface area (Å²) < 4.78 is 1.39. The van der Waals surface area contributed by atoms with Gasteiger partial charge in [-0.25, -0.2) is 4.68 Å². The molecule has 0 N–H and O–H groups in total. The van der Waals surface area contributed by atoms with Gasteiger partial charge < -0.3 is 0 Å². The molecule has 0 atom stereocenters. The Hall–Kier alpha value is -1.90. The second-order valence-corrected chi connectivity index (χ2v) is 3.29. The second-order valence-electron chi connectivity index (χ2n) is 3.29. The molecule has 1 aromatic heterocycles. The van der Waals surface area contributed by atoms with Gasteiger partial charge in [-0.15, -0.1) is 0 Å². The fraction of sp³-hybridized carbons (Fsp3) is 0.167. The van der Waals surface area contributed by atoms with Gasteiger partial charge in [0, 0.05) is 18.2 Å². The van der Waals surface area contributed by atoms with Crippen LogP contribution in [0.25, 0.3) is 11.1 Å². The van der Waals surface area contributed by atoms with Crippen LogP contribution in [-0.4, -0.2) is 15.7 Å². The van der Waals surface area contributed by atoms with Crippen LogP contribution >= 0.6 is 0 Å². The van der Waals surface area contributed by atoms with Gasteiger partial charge in [0.2, 0.25) is 5.91 Å². The van der Waals surface area contributed by atoms with Crippen LogP contribution in [0.15, 0.2) is 42.7 Å². The van der Waals surface area contributed by atoms with Crippen molar-refractivity contribution in [2.75, 3.05) is 0 Å². The first-order chi connectivity index (χ1) is 7.31. The summed E-state index contributed by atoms with van der Waals surface area (Å²) in [7, 11) is 0. The minimum atomic E-state index is 0.0113. The molecule has 0 aliphatic rings. The average Bonchev–Trinajstić information content (AvgIpc) is 2.78. The van der Waals surface area contributed by atoms with Gasteiger partial charge >= 0.3 is 0 Å². The van der Waals surface area contributed by atoms with E-state index in [-0.39, 0.29) is 5.91 Å². The van der Waals surface area contributed by atoms with E-state index in [1.165, 1.54) is 4.68 Å². The molecule has 0 saturated carbocycles. The van der Waals surface area contributed by atoms with Crippen LogP contribution in [0.4, 0.5) is 0 Å². The molecule has 0 aliphatic heterocycles. The zero-order valence-electron chi connectivity index (χ0n) is 8.55. The normalized spacial score (nSPS) is 10.2. The number of carbonyl (C=O) groups excluding carboxylic acids is 1. The highest BCUT2D eigenvalue weighted by molar-refractivity contribution is 5.79. The minimum absolute atomic E-state index is 0.0113. The van der Waals surface area contributed by atoms with Crippen LogP contribution in [0, 0.1) is 0 Å². The van der Waals surface area contributed by atoms with Gasteiger partial charge in [-0.05, 0) is 5.56 Å². The lowest BCUT2D eigenvalue weighted by atomic mass is 10.1. The Labute approximate surface area is 88.4 Å². The van der Waals surface area contributed by atoms with E-state index in [9.17, 15) is 4.79 Å². The maximum Gasteiger partial charge on any atom is 0.246 e. The summed E-state index contributed by atoms with van der Waals surface area (Å²) in [5, 5.41) is 4.03. The summed E-state index contributed by atoms with van der Waals surface area (Å²) in [6, 6.07) is 9.89. The predicted molar refractivity (Wildman–Crippen MR) is 58.6 cm³/mol. The van der Waals surface area contributed by atoms with Crippen molar-refractivity contribution in [3.8, 4) is 11.1 Å². The Morgan fingerprint density at radius 1 is 1.27 bits per heavy atom. The molecule has 0 spiro atoms. The standard InChI is InChI=1S/C12H12N2O/c1-2-12(15)14-9-11(8-13-14)10-6-4-3-5-7-10/h3-9H,2H2,1H3. The third-order valence-electron chi connectivity index (χ3n) is 2.25. The number of benzene rings is 1. The summed E-state index contributed by atoms with van der Waals surface area (Å²) >= 11 is 0. The van der Waals surface area contributed by atoms with E-state index in [1.807, 2.05) is 37.3 Å². The fourth-order valence-electron chi connectivity index (χ4n) is 1.40. The monoisotopic (exact) mass is 200 g/mol. The molecule has 1 aromatic carbocycles. The third-order valence-corrected chi connectivity index (χ3v) is 2.25. The second kappa shape index (κ2) is 4.09. The van der Waals surface area contributed by atoms with Crippen molar-refractivity contribution in [1.29, 1.82) is 0 Å². The first-order valence-corrected chi connectivity index (χ1v) is 4.94. The number of nitrogens with zero attached hydrogens (tertiary/aromatic N) is 2. The highest BCUT2D eigenvalue weighted by Crippen LogP contribution is 2.17. The highest BCUT2D eigenvalue weighted by atomic mass is 16.2. The summed E-state index contributed by atoms with van der Waals surface area (Å²) in [6.07, 6.45) is 3.94. The van der Waals surface area contributed by atoms with Crippen molar-refractivity contribution in [2.45, 2.75) is 13.3 Å². The Morgan fingerprint density at radius 2 is 2.00 bits per heavy atom. The molecule has 0 radical (unpaired) electrons. The minimum Gasteiger partial charge on any atom is -0.273 e. The molecule has 3 heteroatoms. The molecular weight excluding hydrogens is 188 g/mol. The van der Waals surface area contributed by atoms with Crippen molar-refractivity contribution >= 4 is 5.91 Å². The maximum absolute atomic E-state index is 11.4. The predicted octanol–water partition coefficient (Wildman–Crippen LogP) is 2.60. The zero-order chi connectivity index (χ0) is 10.7. The molecule has 0 saturated heterocycles. The van der Waals surface area contributed by atoms with Crippen molar-refractivity contribution in [1.82, 2.24) is 9.78 Å². The summed E-state index contributed by atoms with van der Waals surface area (Å²) in [5.41, 5.74) is 2.05. The van der Waals surface area contributed by atoms with E-state index in [1.54, 1.807) is 12.4 Å². The van der Waals surface area contributed by atoms with Gasteiger partial charge in [0.25, 0.3) is 0 Å². The van der Waals surface area contributed by atoms with E-state index in [0.717, 1.165) is 11.1 Å². The average molecular weight is 200 g/mol. The number of aromatic nitrogens is 2. The Balaban J connectivity index is 2.32. The highest BCUT2D eigenvalue weighted by Gasteiger charge is 2.05. The van der Waals surface area contributed by atoms with Crippen LogP contribution in [0.2, 0.25) is 0 Å². The molecular formula is C12H12N2O. The molecule has 2 rings (SSSR count). The van der Waals surface area contributed by atoms with Crippen molar-refractivity contribution in [3.63, 3.8) is 0 Å². The SMILES string of the molecule is CCC(=O)n1cc(-c2ccccc2)cn1. The number of carbonyl (C=O) groups is 1. The van der Waals surface area contributed by atoms with Gasteiger partial charge in [0.15, 0.2) is 0 Å². The van der Waals surface area contributed by atoms with Gasteiger partial charge in [-0.2, -0.15) is 5.10 Å². The van der Waals surface area contributed by atoms with E-state index >= 15 is 0 Å². The van der Waals surface area contributed by atoms with Crippen LogP contribution in [0.1, 0.15) is 18.1 Å². The third kappa shape index (κ3) is 1.96. The van der Waals surface area contributed by atoms with Gasteiger partial charge in [0.05, 0.1) is 6.20 Å². The first kappa shape index (κ1) is 9.65. The van der Waals surface area contributed by atoms with Gasteiger partial charge in [-0.1, -0.05) is 37.3 Å². The van der Waals surface area contributed by atoms with Crippen molar-refractivity contribution in [2.24, 2.45) is 0 Å². The summed E-state index contributed by atoms with van der Waals surface area (Å²) in [5.74, 6) is 0.0113. The Bertz CT molecular complexity index is 459. The number of hydrogen-bond acceptors (Lipinski definition) is 2. The molecule has 0 amide bonds. The van der Waals surface area contributed by atoms with Crippen LogP contribution in [0.5, 0.6) is 0 Å². The lowest BCUT2D eigenvalue weighted by Crippen LogP contribution is -2.08. The quantitative estimate of drug-likeness (QED) is 0.746. The van der Waals surface area contributed by atoms with Crippen LogP contribution in [0.3, 0.4) is 0 Å². The number of rotatable bonds is 2. The van der Waals surface area contributed by atoms with Crippen molar-refractivity contribution in [3.05, 3.63) is 42.7 Å². The molecule has 1 heterocycles. The van der Waals surface area contributed by atoms with E-state index < -0.39 is 0 Å². The number of hydrogen-bond donors (Lipinski definition) is 0. The smallest absolute Gasteiger partial charge is 0.246 e. The maximum atomic E-state index is 11.4. The lowest BCUT2D eigenvalue weighted by Gasteiger charge is -1.95. The molecule has 0 aliphatic carbocycles. The van der Waals surface area contributed by atoms with E-state index in [0.29, 0.717) is 6.42 Å². The van der Waals surface area contributed by atoms with Crippen molar-refractivity contribution < 1.29 is 4.79 Å². The van der Waals surface area contributed by atoms with E-state index in [4.69, 9.17) is 0 Å². The van der Waals surface area contributed by atoms with Gasteiger partial charge in [0.1, 0.15) is 0 Å². The Morgan fingerprint density at radius 3 is 2.67 bits per heavy atom. The summed E-state index contributed by atoms with van der Waals surface area (Å²) in [6.45, 7) is 1.83. The molecule has 76 valence electrons. The van der Waals surface area contributed by atoms with E-state index in [2.05, 4.69) is 5.10 Å². The largest absolute Gasteiger partial charge is 0.273 e. The lowest BCUT2D eigenvalue weighted by molar-refractivity contribution is 0.0893. The van der Waals surface area contributed by atoms with Gasteiger partial charge in [-0.3, -0.25) is 4.79 Å². The van der Waals surface area contributed by atoms with Crippen LogP contribution < -0.4 is 0 Å².